The van der Waals surface area contributed by atoms with Crippen LogP contribution in [0.2, 0.25) is 48.4 Å². The summed E-state index contributed by atoms with van der Waals surface area (Å²) in [5, 5.41) is 0. The lowest BCUT2D eigenvalue weighted by Crippen LogP contribution is -2.88. The molecule has 0 N–H and O–H groups in total. The smallest absolute Gasteiger partial charge is 0.382 e. The molecule has 0 aromatic heterocycles. The van der Waals surface area contributed by atoms with Crippen LogP contribution < -0.4 is 0 Å². The van der Waals surface area contributed by atoms with Gasteiger partial charge in [-0.2, -0.15) is 0 Å². The Morgan fingerprint density at radius 1 is 0.0985 bits per heavy atom. The van der Waals surface area contributed by atoms with Gasteiger partial charge in [0, 0.05) is 158 Å². The molecule has 0 aromatic rings. The number of methoxy groups -OCH3 is 8. The second kappa shape index (κ2) is 82.3. The second-order valence-corrected chi connectivity index (χ2v) is 54.9. The molecule has 784 valence electrons. The highest BCUT2D eigenvalue weighted by atomic mass is 28.6. The van der Waals surface area contributed by atoms with E-state index >= 15 is 0 Å². The fourth-order valence-corrected chi connectivity index (χ4v) is 63.3. The van der Waals surface area contributed by atoms with Crippen LogP contribution in [0.4, 0.5) is 0 Å². The molecule has 6 heterocycles. The van der Waals surface area contributed by atoms with E-state index in [2.05, 4.69) is 0 Å². The van der Waals surface area contributed by atoms with Gasteiger partial charge in [0.2, 0.25) is 0 Å². The van der Waals surface area contributed by atoms with Crippen molar-refractivity contribution in [3.63, 3.8) is 0 Å². The third-order valence-electron chi connectivity index (χ3n) is 19.3. The summed E-state index contributed by atoms with van der Waals surface area (Å²) in [6.07, 6.45) is 2.47. The van der Waals surface area contributed by atoms with E-state index in [1.807, 2.05) is 0 Å². The Kier molecular flexibility index (Phi) is 76.3. The zero-order chi connectivity index (χ0) is 94.0. The van der Waals surface area contributed by atoms with Gasteiger partial charge in [0.05, 0.1) is 317 Å². The van der Waals surface area contributed by atoms with Crippen LogP contribution in [-0.4, -0.2) is 497 Å². The lowest BCUT2D eigenvalue weighted by Gasteiger charge is -2.63. The molecule has 0 atom stereocenters. The normalized spacial score (nSPS) is 23.5. The highest BCUT2D eigenvalue weighted by molar-refractivity contribution is 7.03. The van der Waals surface area contributed by atoms with Gasteiger partial charge in [0.25, 0.3) is 0 Å². The van der Waals surface area contributed by atoms with E-state index in [1.165, 1.54) is 0 Å². The standard InChI is InChI=1S/C80H168O44Si8/c1-81-25-33-97-57-65-105-49-41-89-17-9-73-125-113-126(74-10-18-90-42-50-106-66-58-98-34-26-82-2)116-129(77-13-21-93-45-53-109-69-61-101-37-29-85-5)118-127(114-125,75-11-19-91-43-51-107-67-59-99-35-27-83-3)120-131(79-15-23-95-47-55-111-71-63-103-39-31-87-7)121-128(115-125,76-12-20-92-44-52-108-68-60-100-36-28-84-4)119-130(117-126,78-14-22-94-46-54-110-70-62-102-38-30-86-6)123-132(122-129,124-131)80-16-24-96-48-56-112-72-64-104-40-32-88-8/h9-80H2,1-8H3. The van der Waals surface area contributed by atoms with Gasteiger partial charge in [0.15, 0.2) is 0 Å². The van der Waals surface area contributed by atoms with Crippen molar-refractivity contribution in [3.05, 3.63) is 0 Å². The third kappa shape index (κ3) is 58.7. The van der Waals surface area contributed by atoms with Crippen molar-refractivity contribution >= 4 is 70.4 Å². The minimum Gasteiger partial charge on any atom is -0.382 e. The van der Waals surface area contributed by atoms with Crippen LogP contribution in [0.15, 0.2) is 0 Å². The zero-order valence-corrected chi connectivity index (χ0v) is 88.9. The predicted molar refractivity (Wildman–Crippen MR) is 489 cm³/mol. The minimum absolute atomic E-state index is 0.0897. The van der Waals surface area contributed by atoms with Gasteiger partial charge in [-0.3, -0.25) is 0 Å². The molecule has 6 rings (SSSR count). The molecule has 0 radical (unpaired) electrons. The SMILES string of the molecule is COCCOCCOCCOCCC[Si]12O[Si]3(CCCOCCOCCOCCOC)O[Si]4(CCCOCCOCCOCCOC)O[Si](CCCOCCOCCOCCOC)(O1)O[Si]1(CCCOCCOCCOCCOC)O[Si](CCCOCCOCCOCCOC)(O2)O[Si](CCCOCCOCCOCCOC)(O3)O[Si](CCCOCCOCCOCCOC)(O4)O1. The maximum Gasteiger partial charge on any atom is 0.478 e. The Bertz CT molecular complexity index is 2000. The van der Waals surface area contributed by atoms with Crippen molar-refractivity contribution in [3.8, 4) is 0 Å². The Morgan fingerprint density at radius 3 is 0.242 bits per heavy atom. The average Bonchev–Trinajstić information content (AvgIpc) is 0.685. The fraction of sp³-hybridized carbons (Fsp3) is 1.00. The molecule has 8 bridgehead atoms. The maximum atomic E-state index is 8.29. The third-order valence-corrected chi connectivity index (χ3v) is 56.9. The predicted octanol–water partition coefficient (Wildman–Crippen LogP) is 4.46. The summed E-state index contributed by atoms with van der Waals surface area (Å²) >= 11 is 0. The van der Waals surface area contributed by atoms with Crippen molar-refractivity contribution in [1.29, 1.82) is 0 Å². The van der Waals surface area contributed by atoms with Crippen LogP contribution in [0, 0.1) is 0 Å². The number of ether oxygens (including phenoxy) is 32. The molecule has 6 fully saturated rings. The van der Waals surface area contributed by atoms with Crippen molar-refractivity contribution < 1.29 is 201 Å². The largest absolute Gasteiger partial charge is 0.478 e. The molecule has 0 aliphatic carbocycles. The molecule has 132 heavy (non-hydrogen) atoms. The average molecular weight is 2060 g/mol. The molecule has 0 amide bonds. The molecule has 0 saturated carbocycles. The van der Waals surface area contributed by atoms with Crippen LogP contribution in [0.1, 0.15) is 51.4 Å². The zero-order valence-electron chi connectivity index (χ0n) is 80.9. The highest BCUT2D eigenvalue weighted by Crippen LogP contribution is 2.55. The van der Waals surface area contributed by atoms with Gasteiger partial charge < -0.3 is 201 Å². The van der Waals surface area contributed by atoms with Gasteiger partial charge in [-0.25, -0.2) is 0 Å². The maximum absolute atomic E-state index is 8.29. The fourth-order valence-electron chi connectivity index (χ4n) is 13.2. The van der Waals surface area contributed by atoms with Crippen LogP contribution in [0.25, 0.3) is 0 Å². The van der Waals surface area contributed by atoms with E-state index in [4.69, 9.17) is 201 Å². The molecule has 0 unspecified atom stereocenters. The molecular weight excluding hydrogens is 1890 g/mol. The molecule has 52 heteroatoms. The summed E-state index contributed by atoms with van der Waals surface area (Å²) < 4.78 is 285. The second-order valence-electron chi connectivity index (χ2n) is 30.2. The molecule has 44 nitrogen and oxygen atoms in total. The van der Waals surface area contributed by atoms with Gasteiger partial charge in [-0.05, 0) is 51.4 Å². The van der Waals surface area contributed by atoms with Crippen molar-refractivity contribution in [2.24, 2.45) is 0 Å². The lowest BCUT2D eigenvalue weighted by atomic mass is 10.5. The van der Waals surface area contributed by atoms with E-state index in [1.54, 1.807) is 56.9 Å². The summed E-state index contributed by atoms with van der Waals surface area (Å²) in [5.41, 5.74) is 0. The van der Waals surface area contributed by atoms with E-state index < -0.39 is 70.4 Å². The first kappa shape index (κ1) is 122. The Labute approximate surface area is 794 Å². The molecule has 6 aliphatic heterocycles. The highest BCUT2D eigenvalue weighted by Gasteiger charge is 2.83. The van der Waals surface area contributed by atoms with E-state index in [0.717, 1.165) is 0 Å². The molecule has 0 aromatic carbocycles. The van der Waals surface area contributed by atoms with Crippen LogP contribution >= 0.6 is 0 Å². The van der Waals surface area contributed by atoms with Crippen molar-refractivity contribution in [2.75, 3.05) is 427 Å². The van der Waals surface area contributed by atoms with Crippen LogP contribution in [0.3, 0.4) is 0 Å². The molecule has 6 aliphatic rings. The van der Waals surface area contributed by atoms with Crippen molar-refractivity contribution in [2.45, 2.75) is 99.7 Å². The number of hydrogen-bond acceptors (Lipinski definition) is 44. The first-order chi connectivity index (χ1) is 65.0. The van der Waals surface area contributed by atoms with Gasteiger partial charge in [-0.15, -0.1) is 0 Å². The first-order valence-corrected chi connectivity index (χ1v) is 62.6. The van der Waals surface area contributed by atoms with Gasteiger partial charge in [0.1, 0.15) is 0 Å². The van der Waals surface area contributed by atoms with Crippen LogP contribution in [-0.2, 0) is 201 Å². The molecule has 6 saturated heterocycles. The lowest BCUT2D eigenvalue weighted by molar-refractivity contribution is -0.0359. The summed E-state index contributed by atoms with van der Waals surface area (Å²) in [6, 6.07) is 0.717. The number of hydrogen-bond donors (Lipinski definition) is 0. The Morgan fingerprint density at radius 2 is 0.167 bits per heavy atom. The first-order valence-electron chi connectivity index (χ1n) is 47.2. The summed E-state index contributed by atoms with van der Waals surface area (Å²) in [6.45, 7) is 19.4. The van der Waals surface area contributed by atoms with Gasteiger partial charge >= 0.3 is 70.4 Å². The summed E-state index contributed by atoms with van der Waals surface area (Å²) in [4.78, 5) is 0. The Balaban J connectivity index is 1.77. The number of rotatable bonds is 104. The topological polar surface area (TPSA) is 406 Å². The Hall–Kier alpha value is -0.0249. The van der Waals surface area contributed by atoms with E-state index in [-0.39, 0.29) is 154 Å². The van der Waals surface area contributed by atoms with Crippen molar-refractivity contribution in [1.82, 2.24) is 0 Å². The van der Waals surface area contributed by atoms with Crippen LogP contribution in [0.5, 0.6) is 0 Å². The van der Waals surface area contributed by atoms with E-state index in [9.17, 15) is 0 Å². The van der Waals surface area contributed by atoms with Gasteiger partial charge in [-0.1, -0.05) is 0 Å². The summed E-state index contributed by atoms with van der Waals surface area (Å²) in [7, 11) is -24.4. The molecular formula is C80H168O44Si8. The summed E-state index contributed by atoms with van der Waals surface area (Å²) in [5.74, 6) is 0. The monoisotopic (exact) mass is 2060 g/mol. The quantitative estimate of drug-likeness (QED) is 0.0599. The minimum atomic E-state index is -4.69. The molecule has 0 spiro atoms. The van der Waals surface area contributed by atoms with E-state index in [0.29, 0.717) is 316 Å².